The average Bonchev–Trinajstić information content (AvgIpc) is 3.05. The molecule has 2 N–H and O–H groups in total. The van der Waals surface area contributed by atoms with Crippen molar-refractivity contribution in [2.24, 2.45) is 0 Å². The number of carbonyl (C=O) groups is 3. The molecule has 1 saturated heterocycles. The van der Waals surface area contributed by atoms with E-state index in [1.54, 1.807) is 0 Å². The molecule has 2 amide bonds. The molecule has 2 aromatic rings. The monoisotopic (exact) mass is 400 g/mol. The third kappa shape index (κ3) is 5.75. The molecule has 0 spiro atoms. The lowest BCUT2D eigenvalue weighted by atomic mass is 10.1. The summed E-state index contributed by atoms with van der Waals surface area (Å²) in [6.07, 6.45) is 0.916. The van der Waals surface area contributed by atoms with Crippen LogP contribution in [0.5, 0.6) is 0 Å². The smallest absolute Gasteiger partial charge is 0.332 e. The number of nitrogens with zero attached hydrogens (tertiary/aromatic N) is 5. The van der Waals surface area contributed by atoms with Crippen LogP contribution in [-0.2, 0) is 25.8 Å². The van der Waals surface area contributed by atoms with Gasteiger partial charge in [0.25, 0.3) is 5.91 Å². The molecule has 0 saturated carbocycles. The molecule has 0 bridgehead atoms. The van der Waals surface area contributed by atoms with Crippen molar-refractivity contribution in [2.75, 3.05) is 0 Å². The second-order valence-corrected chi connectivity index (χ2v) is 6.40. The maximum Gasteiger partial charge on any atom is 0.332 e. The first-order valence-electron chi connectivity index (χ1n) is 9.10. The fourth-order valence-electron chi connectivity index (χ4n) is 2.69. The van der Waals surface area contributed by atoms with Crippen molar-refractivity contribution in [1.29, 1.82) is 0 Å². The maximum absolute atomic E-state index is 11.9. The Morgan fingerprint density at radius 1 is 1.17 bits per heavy atom. The molecular weight excluding hydrogens is 380 g/mol. The van der Waals surface area contributed by atoms with E-state index >= 15 is 0 Å². The van der Waals surface area contributed by atoms with E-state index in [9.17, 15) is 19.5 Å². The van der Waals surface area contributed by atoms with Crippen molar-refractivity contribution in [3.63, 3.8) is 0 Å². The number of aliphatic hydroxyl groups excluding tert-OH is 1. The number of nitrogens with one attached hydrogen (secondary N) is 1. The summed E-state index contributed by atoms with van der Waals surface area (Å²) in [5.41, 5.74) is 1.65. The molecule has 11 heteroatoms. The SMILES string of the molecule is O=C(CCCC(=O)ON1C(=O)CCC1O)NCc1ccc(-c2nncnn2)cc1. The van der Waals surface area contributed by atoms with Crippen molar-refractivity contribution in [3.8, 4) is 11.4 Å². The zero-order valence-corrected chi connectivity index (χ0v) is 15.5. The molecule has 0 radical (unpaired) electrons. The summed E-state index contributed by atoms with van der Waals surface area (Å²) in [6.45, 7) is 0.337. The largest absolute Gasteiger partial charge is 0.370 e. The van der Waals surface area contributed by atoms with Gasteiger partial charge in [-0.1, -0.05) is 24.3 Å². The minimum absolute atomic E-state index is 0.0300. The van der Waals surface area contributed by atoms with Gasteiger partial charge in [-0.25, -0.2) is 4.79 Å². The van der Waals surface area contributed by atoms with Gasteiger partial charge in [0.05, 0.1) is 0 Å². The highest BCUT2D eigenvalue weighted by Crippen LogP contribution is 2.17. The molecule has 29 heavy (non-hydrogen) atoms. The van der Waals surface area contributed by atoms with Gasteiger partial charge in [-0.05, 0) is 12.0 Å². The highest BCUT2D eigenvalue weighted by molar-refractivity contribution is 5.80. The molecule has 1 unspecified atom stereocenters. The van der Waals surface area contributed by atoms with Crippen molar-refractivity contribution in [1.82, 2.24) is 30.8 Å². The number of benzene rings is 1. The topological polar surface area (TPSA) is 148 Å². The number of hydrogen-bond donors (Lipinski definition) is 2. The van der Waals surface area contributed by atoms with Crippen LogP contribution in [0.15, 0.2) is 30.6 Å². The molecule has 1 atom stereocenters. The van der Waals surface area contributed by atoms with Crippen LogP contribution in [0.3, 0.4) is 0 Å². The highest BCUT2D eigenvalue weighted by atomic mass is 16.7. The lowest BCUT2D eigenvalue weighted by Crippen LogP contribution is -2.35. The zero-order valence-electron chi connectivity index (χ0n) is 15.5. The van der Waals surface area contributed by atoms with Gasteiger partial charge >= 0.3 is 5.97 Å². The Hall–Kier alpha value is -3.47. The molecule has 11 nitrogen and oxygen atoms in total. The molecule has 3 rings (SSSR count). The van der Waals surface area contributed by atoms with Crippen molar-refractivity contribution < 1.29 is 24.3 Å². The Morgan fingerprint density at radius 3 is 2.55 bits per heavy atom. The molecule has 1 fully saturated rings. The summed E-state index contributed by atoms with van der Waals surface area (Å²) in [6, 6.07) is 7.29. The van der Waals surface area contributed by atoms with Crippen LogP contribution >= 0.6 is 0 Å². The van der Waals surface area contributed by atoms with Gasteiger partial charge in [0, 0.05) is 37.8 Å². The van der Waals surface area contributed by atoms with Crippen LogP contribution in [0.4, 0.5) is 0 Å². The number of hydroxylamine groups is 2. The minimum atomic E-state index is -1.10. The van der Waals surface area contributed by atoms with Gasteiger partial charge in [-0.15, -0.1) is 25.5 Å². The van der Waals surface area contributed by atoms with E-state index in [1.807, 2.05) is 24.3 Å². The lowest BCUT2D eigenvalue weighted by molar-refractivity contribution is -0.220. The minimum Gasteiger partial charge on any atom is -0.370 e. The van der Waals surface area contributed by atoms with Crippen LogP contribution in [0.2, 0.25) is 0 Å². The fourth-order valence-corrected chi connectivity index (χ4v) is 2.69. The summed E-state index contributed by atoms with van der Waals surface area (Å²) in [5, 5.41) is 28.1. The van der Waals surface area contributed by atoms with Gasteiger partial charge < -0.3 is 15.3 Å². The lowest BCUT2D eigenvalue weighted by Gasteiger charge is -2.18. The van der Waals surface area contributed by atoms with Crippen molar-refractivity contribution in [2.45, 2.75) is 44.9 Å². The quantitative estimate of drug-likeness (QED) is 0.630. The summed E-state index contributed by atoms with van der Waals surface area (Å²) < 4.78 is 0. The predicted octanol–water partition coefficient (Wildman–Crippen LogP) is 0.119. The molecular formula is C18H20N6O5. The van der Waals surface area contributed by atoms with Crippen LogP contribution in [-0.4, -0.2) is 54.6 Å². The highest BCUT2D eigenvalue weighted by Gasteiger charge is 2.32. The third-order valence-corrected chi connectivity index (χ3v) is 4.23. The number of carbonyl (C=O) groups excluding carboxylic acids is 3. The number of rotatable bonds is 8. The molecule has 2 heterocycles. The van der Waals surface area contributed by atoms with E-state index in [0.29, 0.717) is 17.4 Å². The van der Waals surface area contributed by atoms with Crippen LogP contribution in [0, 0.1) is 0 Å². The van der Waals surface area contributed by atoms with E-state index in [2.05, 4.69) is 25.7 Å². The van der Waals surface area contributed by atoms with Gasteiger partial charge in [0.2, 0.25) is 11.7 Å². The van der Waals surface area contributed by atoms with E-state index < -0.39 is 18.1 Å². The average molecular weight is 400 g/mol. The van der Waals surface area contributed by atoms with E-state index in [0.717, 1.165) is 11.1 Å². The van der Waals surface area contributed by atoms with Gasteiger partial charge in [-0.3, -0.25) is 9.59 Å². The van der Waals surface area contributed by atoms with Gasteiger partial charge in [0.15, 0.2) is 12.6 Å². The molecule has 0 aliphatic carbocycles. The molecule has 1 aromatic heterocycles. The summed E-state index contributed by atoms with van der Waals surface area (Å²) in [4.78, 5) is 39.9. The van der Waals surface area contributed by atoms with Crippen molar-refractivity contribution in [3.05, 3.63) is 36.2 Å². The second-order valence-electron chi connectivity index (χ2n) is 6.40. The van der Waals surface area contributed by atoms with E-state index in [1.165, 1.54) is 6.33 Å². The van der Waals surface area contributed by atoms with E-state index in [4.69, 9.17) is 4.84 Å². The zero-order chi connectivity index (χ0) is 20.6. The molecule has 152 valence electrons. The summed E-state index contributed by atoms with van der Waals surface area (Å²) >= 11 is 0. The number of amides is 2. The Labute approximate surface area is 166 Å². The predicted molar refractivity (Wildman–Crippen MR) is 96.9 cm³/mol. The normalized spacial score (nSPS) is 16.0. The van der Waals surface area contributed by atoms with Gasteiger partial charge in [-0.2, -0.15) is 0 Å². The molecule has 1 aliphatic heterocycles. The Kier molecular flexibility index (Phi) is 6.74. The first kappa shape index (κ1) is 20.3. The van der Waals surface area contributed by atoms with Crippen molar-refractivity contribution >= 4 is 17.8 Å². The number of aliphatic hydroxyl groups is 1. The second kappa shape index (κ2) is 9.64. The summed E-state index contributed by atoms with van der Waals surface area (Å²) in [5.74, 6) is -0.882. The summed E-state index contributed by atoms with van der Waals surface area (Å²) in [7, 11) is 0. The third-order valence-electron chi connectivity index (χ3n) is 4.23. The van der Waals surface area contributed by atoms with Gasteiger partial charge in [0.1, 0.15) is 0 Å². The van der Waals surface area contributed by atoms with Crippen LogP contribution < -0.4 is 5.32 Å². The Bertz CT molecular complexity index is 861. The van der Waals surface area contributed by atoms with E-state index in [-0.39, 0.29) is 38.0 Å². The van der Waals surface area contributed by atoms with Crippen LogP contribution in [0.1, 0.15) is 37.7 Å². The molecule has 1 aromatic carbocycles. The first-order valence-corrected chi connectivity index (χ1v) is 9.10. The fraction of sp³-hybridized carbons (Fsp3) is 0.389. The Balaban J connectivity index is 1.36. The number of hydrogen-bond acceptors (Lipinski definition) is 9. The van der Waals surface area contributed by atoms with Crippen LogP contribution in [0.25, 0.3) is 11.4 Å². The first-order chi connectivity index (χ1) is 14.0. The molecule has 1 aliphatic rings. The number of aromatic nitrogens is 4. The Morgan fingerprint density at radius 2 is 1.90 bits per heavy atom. The standard InChI is InChI=1S/C18H20N6O5/c25-14(2-1-3-17(28)29-24-15(26)8-9-16(24)27)19-10-12-4-6-13(7-5-12)18-22-20-11-21-23-18/h4-7,11,15,26H,1-3,8-10H2,(H,19,25). The maximum atomic E-state index is 11.9.